The zero-order chi connectivity index (χ0) is 29.6. The predicted octanol–water partition coefficient (Wildman–Crippen LogP) is 5.60. The Balaban J connectivity index is 1.63. The number of anilines is 1. The van der Waals surface area contributed by atoms with Crippen molar-refractivity contribution in [1.29, 1.82) is 0 Å². The maximum absolute atomic E-state index is 11.3. The van der Waals surface area contributed by atoms with E-state index in [2.05, 4.69) is 59.4 Å². The van der Waals surface area contributed by atoms with E-state index in [4.69, 9.17) is 4.55 Å². The third kappa shape index (κ3) is 9.22. The van der Waals surface area contributed by atoms with Gasteiger partial charge in [0.25, 0.3) is 25.2 Å². The quantitative estimate of drug-likeness (QED) is 0.140. The van der Waals surface area contributed by atoms with Crippen LogP contribution in [0.25, 0.3) is 17.2 Å². The Morgan fingerprint density at radius 3 is 2.37 bits per heavy atom. The number of unbranched alkanes of at least 4 members (excludes halogenated alkanes) is 1. The molecule has 1 aromatic heterocycles. The van der Waals surface area contributed by atoms with Gasteiger partial charge in [0, 0.05) is 29.0 Å². The second-order valence-corrected chi connectivity index (χ2v) is 15.1. The van der Waals surface area contributed by atoms with Crippen molar-refractivity contribution < 1.29 is 30.6 Å². The molecule has 4 rings (SSSR count). The minimum atomic E-state index is -4.03. The summed E-state index contributed by atoms with van der Waals surface area (Å²) in [4.78, 5) is 3.31. The molecule has 0 atom stereocenters. The summed E-state index contributed by atoms with van der Waals surface area (Å²) in [7, 11) is -8.05. The fourth-order valence-corrected chi connectivity index (χ4v) is 7.57. The van der Waals surface area contributed by atoms with Gasteiger partial charge in [0.2, 0.25) is 0 Å². The zero-order valence-electron chi connectivity index (χ0n) is 22.9. The largest absolute Gasteiger partial charge is 0.335 e. The fourth-order valence-electron chi connectivity index (χ4n) is 4.47. The lowest BCUT2D eigenvalue weighted by molar-refractivity contribution is -0.750. The van der Waals surface area contributed by atoms with Gasteiger partial charge >= 0.3 is 0 Å². The molecule has 1 aliphatic heterocycles. The first kappa shape index (κ1) is 31.4. The lowest BCUT2D eigenvalue weighted by Gasteiger charge is -2.21. The molecule has 0 saturated heterocycles. The Bertz CT molecular complexity index is 1650. The summed E-state index contributed by atoms with van der Waals surface area (Å²) in [6.45, 7) is 4.92. The Morgan fingerprint density at radius 1 is 0.976 bits per heavy atom. The van der Waals surface area contributed by atoms with Gasteiger partial charge in [0.15, 0.2) is 11.6 Å². The van der Waals surface area contributed by atoms with E-state index < -0.39 is 20.2 Å². The summed E-state index contributed by atoms with van der Waals surface area (Å²) in [5.74, 6) is -0.594. The number of aryl methyl sites for hydroxylation is 2. The summed E-state index contributed by atoms with van der Waals surface area (Å²) in [6, 6.07) is 16.5. The molecule has 2 heterocycles. The molecule has 0 unspecified atom stereocenters. The fraction of sp³-hybridized carbons (Fsp3) is 0.357. The van der Waals surface area contributed by atoms with Crippen LogP contribution in [0.2, 0.25) is 0 Å². The topological polar surface area (TPSA) is 129 Å². The SMILES string of the molecule is CCC(=Cc1sc(C)n[n+]1CCCS(=O)(=O)O)C=C1Sc2ccc(-c3ccccc3)cc2N1CCCCS(=O)(=O)O. The van der Waals surface area contributed by atoms with Crippen molar-refractivity contribution in [2.24, 2.45) is 0 Å². The molecule has 0 aliphatic carbocycles. The maximum atomic E-state index is 11.3. The van der Waals surface area contributed by atoms with E-state index >= 15 is 0 Å². The van der Waals surface area contributed by atoms with E-state index in [-0.39, 0.29) is 17.9 Å². The van der Waals surface area contributed by atoms with Crippen molar-refractivity contribution in [2.75, 3.05) is 23.0 Å². The van der Waals surface area contributed by atoms with Crippen LogP contribution in [0.4, 0.5) is 5.69 Å². The molecule has 1 aliphatic rings. The summed E-state index contributed by atoms with van der Waals surface area (Å²) >= 11 is 3.17. The molecule has 13 heteroatoms. The minimum absolute atomic E-state index is 0.252. The van der Waals surface area contributed by atoms with Gasteiger partial charge in [-0.15, -0.1) is 0 Å². The number of benzene rings is 2. The van der Waals surface area contributed by atoms with Crippen LogP contribution in [0, 0.1) is 6.92 Å². The molecule has 0 spiro atoms. The minimum Gasteiger partial charge on any atom is -0.335 e. The van der Waals surface area contributed by atoms with Crippen molar-refractivity contribution in [3.8, 4) is 11.1 Å². The van der Waals surface area contributed by atoms with Crippen molar-refractivity contribution in [2.45, 2.75) is 51.0 Å². The van der Waals surface area contributed by atoms with Crippen molar-refractivity contribution in [1.82, 2.24) is 5.10 Å². The molecular weight excluding hydrogens is 603 g/mol. The van der Waals surface area contributed by atoms with Gasteiger partial charge in [0.05, 0.1) is 22.2 Å². The second kappa shape index (κ2) is 13.6. The molecule has 41 heavy (non-hydrogen) atoms. The normalized spacial score (nSPS) is 15.1. The number of hydrogen-bond acceptors (Lipinski definition) is 8. The van der Waals surface area contributed by atoms with Gasteiger partial charge in [-0.3, -0.25) is 9.11 Å². The average Bonchev–Trinajstić information content (AvgIpc) is 3.43. The monoisotopic (exact) mass is 636 g/mol. The van der Waals surface area contributed by atoms with E-state index in [0.717, 1.165) is 48.7 Å². The van der Waals surface area contributed by atoms with Crippen molar-refractivity contribution >= 4 is 55.1 Å². The van der Waals surface area contributed by atoms with Gasteiger partial charge < -0.3 is 4.90 Å². The van der Waals surface area contributed by atoms with E-state index in [1.165, 1.54) is 11.3 Å². The molecule has 2 N–H and O–H groups in total. The molecule has 0 amide bonds. The molecule has 0 bridgehead atoms. The summed E-state index contributed by atoms with van der Waals surface area (Å²) in [5, 5.41) is 7.27. The molecule has 0 saturated carbocycles. The number of aromatic nitrogens is 2. The highest BCUT2D eigenvalue weighted by Gasteiger charge is 2.26. The molecular formula is C28H34N3O6S4+. The van der Waals surface area contributed by atoms with Gasteiger partial charge in [0.1, 0.15) is 0 Å². The number of fused-ring (bicyclic) bond motifs is 1. The van der Waals surface area contributed by atoms with Crippen LogP contribution in [0.5, 0.6) is 0 Å². The molecule has 2 aromatic carbocycles. The average molecular weight is 637 g/mol. The Hall–Kier alpha value is -2.55. The highest BCUT2D eigenvalue weighted by Crippen LogP contribution is 2.48. The number of allylic oxidation sites excluding steroid dienone is 2. The molecule has 0 radical (unpaired) electrons. The second-order valence-electron chi connectivity index (χ2n) is 9.67. The van der Waals surface area contributed by atoms with Crippen molar-refractivity contribution in [3.63, 3.8) is 0 Å². The maximum Gasteiger partial charge on any atom is 0.289 e. The van der Waals surface area contributed by atoms with Crippen LogP contribution in [-0.4, -0.2) is 49.1 Å². The van der Waals surface area contributed by atoms with Crippen LogP contribution in [0.15, 0.2) is 70.1 Å². The summed E-state index contributed by atoms with van der Waals surface area (Å²) in [5.41, 5.74) is 4.31. The highest BCUT2D eigenvalue weighted by atomic mass is 32.2. The smallest absolute Gasteiger partial charge is 0.289 e. The van der Waals surface area contributed by atoms with Crippen LogP contribution >= 0.6 is 23.1 Å². The molecule has 3 aromatic rings. The highest BCUT2D eigenvalue weighted by molar-refractivity contribution is 8.03. The third-order valence-corrected chi connectivity index (χ3v) is 10.1. The van der Waals surface area contributed by atoms with Crippen LogP contribution < -0.4 is 9.58 Å². The Labute approximate surface area is 250 Å². The Kier molecular flexibility index (Phi) is 10.4. The summed E-state index contributed by atoms with van der Waals surface area (Å²) in [6.07, 6.45) is 6.12. The number of rotatable bonds is 13. The summed E-state index contributed by atoms with van der Waals surface area (Å²) < 4.78 is 64.9. The molecule has 0 fully saturated rings. The predicted molar refractivity (Wildman–Crippen MR) is 165 cm³/mol. The van der Waals surface area contributed by atoms with Gasteiger partial charge in [-0.25, -0.2) is 0 Å². The van der Waals surface area contributed by atoms with E-state index in [9.17, 15) is 21.4 Å². The number of thioether (sulfide) groups is 1. The zero-order valence-corrected chi connectivity index (χ0v) is 26.2. The third-order valence-electron chi connectivity index (χ3n) is 6.44. The van der Waals surface area contributed by atoms with Gasteiger partial charge in [-0.05, 0) is 72.4 Å². The van der Waals surface area contributed by atoms with Gasteiger partial charge in [-0.1, -0.05) is 59.8 Å². The van der Waals surface area contributed by atoms with Crippen molar-refractivity contribution in [3.05, 3.63) is 75.2 Å². The first-order chi connectivity index (χ1) is 19.4. The first-order valence-corrected chi connectivity index (χ1v) is 18.1. The standard InChI is InChI=1S/C28H33N3O6S4/c1-3-22(19-28-31(29-21(2)38-28)15-9-17-41(35,36)37)18-27-30(14-7-8-16-40(32,33)34)25-20-24(12-13-26(25)39-27)23-10-5-4-6-11-23/h4-6,10-13,18-20H,3,7-9,14-17H2,1-2H3,(H-,32,33,34,35,36,37)/p+1. The van der Waals surface area contributed by atoms with Crippen LogP contribution in [0.3, 0.4) is 0 Å². The van der Waals surface area contributed by atoms with E-state index in [0.29, 0.717) is 25.9 Å². The number of hydrogen-bond donors (Lipinski definition) is 2. The Morgan fingerprint density at radius 2 is 1.68 bits per heavy atom. The van der Waals surface area contributed by atoms with Gasteiger partial charge in [-0.2, -0.15) is 16.8 Å². The lowest BCUT2D eigenvalue weighted by Crippen LogP contribution is -2.39. The van der Waals surface area contributed by atoms with E-state index in [1.54, 1.807) is 16.4 Å². The van der Waals surface area contributed by atoms with Crippen LogP contribution in [0.1, 0.15) is 42.6 Å². The van der Waals surface area contributed by atoms with Crippen LogP contribution in [-0.2, 0) is 26.8 Å². The number of nitrogens with zero attached hydrogens (tertiary/aromatic N) is 3. The lowest BCUT2D eigenvalue weighted by atomic mass is 10.0. The van der Waals surface area contributed by atoms with E-state index in [1.807, 2.05) is 25.1 Å². The molecule has 220 valence electrons. The first-order valence-electron chi connectivity index (χ1n) is 13.3. The molecule has 9 nitrogen and oxygen atoms in total.